The molecule has 0 bridgehead atoms. The molecule has 0 radical (unpaired) electrons. The normalized spacial score (nSPS) is 16.6. The Morgan fingerprint density at radius 1 is 1.04 bits per heavy atom. The lowest BCUT2D eigenvalue weighted by molar-refractivity contribution is 0.0757. The maximum Gasteiger partial charge on any atom is 0.276 e. The number of aromatic nitrogens is 3. The second-order valence-electron chi connectivity index (χ2n) is 6.07. The van der Waals surface area contributed by atoms with Crippen LogP contribution in [0.4, 0.5) is 0 Å². The summed E-state index contributed by atoms with van der Waals surface area (Å²) < 4.78 is 24.8. The van der Waals surface area contributed by atoms with Gasteiger partial charge in [-0.25, -0.2) is 12.7 Å². The van der Waals surface area contributed by atoms with E-state index in [4.69, 9.17) is 0 Å². The van der Waals surface area contributed by atoms with Gasteiger partial charge in [-0.15, -0.1) is 5.10 Å². The summed E-state index contributed by atoms with van der Waals surface area (Å²) in [6.45, 7) is 3.33. The SMILES string of the molecule is Cc1nn(-c2ccccc2)nc1C(=O)N1CCCN(S(C)(=O)=O)CC1. The van der Waals surface area contributed by atoms with Gasteiger partial charge < -0.3 is 4.90 Å². The van der Waals surface area contributed by atoms with Crippen LogP contribution in [0.5, 0.6) is 0 Å². The summed E-state index contributed by atoms with van der Waals surface area (Å²) in [5, 5.41) is 8.66. The molecule has 1 fully saturated rings. The van der Waals surface area contributed by atoms with Gasteiger partial charge in [-0.3, -0.25) is 4.79 Å². The van der Waals surface area contributed by atoms with Crippen molar-refractivity contribution >= 4 is 15.9 Å². The molecule has 134 valence electrons. The van der Waals surface area contributed by atoms with E-state index in [9.17, 15) is 13.2 Å². The Bertz CT molecular complexity index is 863. The molecule has 0 saturated carbocycles. The molecule has 8 nitrogen and oxygen atoms in total. The van der Waals surface area contributed by atoms with Crippen molar-refractivity contribution in [3.63, 3.8) is 0 Å². The molecule has 1 aromatic heterocycles. The molecule has 0 spiro atoms. The Morgan fingerprint density at radius 3 is 2.44 bits per heavy atom. The zero-order chi connectivity index (χ0) is 18.0. The van der Waals surface area contributed by atoms with Crippen LogP contribution < -0.4 is 0 Å². The first kappa shape index (κ1) is 17.6. The Labute approximate surface area is 147 Å². The highest BCUT2D eigenvalue weighted by molar-refractivity contribution is 7.88. The molecule has 1 aliphatic heterocycles. The molecule has 9 heteroatoms. The van der Waals surface area contributed by atoms with E-state index in [1.165, 1.54) is 15.4 Å². The van der Waals surface area contributed by atoms with Crippen molar-refractivity contribution in [2.24, 2.45) is 0 Å². The Kier molecular flexibility index (Phi) is 4.87. The minimum Gasteiger partial charge on any atom is -0.336 e. The number of nitrogens with zero attached hydrogens (tertiary/aromatic N) is 5. The first-order chi connectivity index (χ1) is 11.9. The third-order valence-electron chi connectivity index (χ3n) is 4.18. The van der Waals surface area contributed by atoms with Crippen LogP contribution >= 0.6 is 0 Å². The molecule has 0 atom stereocenters. The summed E-state index contributed by atoms with van der Waals surface area (Å²) in [4.78, 5) is 15.9. The lowest BCUT2D eigenvalue weighted by Crippen LogP contribution is -2.37. The van der Waals surface area contributed by atoms with E-state index in [1.807, 2.05) is 30.3 Å². The van der Waals surface area contributed by atoms with Gasteiger partial charge >= 0.3 is 0 Å². The van der Waals surface area contributed by atoms with E-state index in [2.05, 4.69) is 10.2 Å². The standard InChI is InChI=1S/C16H21N5O3S/c1-13-15(18-21(17-13)14-7-4-3-5-8-14)16(22)19-9-6-10-20(12-11-19)25(2,23)24/h3-5,7-8H,6,9-12H2,1-2H3. The van der Waals surface area contributed by atoms with Gasteiger partial charge in [0.1, 0.15) is 0 Å². The van der Waals surface area contributed by atoms with Crippen LogP contribution in [0.25, 0.3) is 5.69 Å². The van der Waals surface area contributed by atoms with Crippen molar-refractivity contribution < 1.29 is 13.2 Å². The second-order valence-corrected chi connectivity index (χ2v) is 8.05. The second kappa shape index (κ2) is 6.93. The average molecular weight is 363 g/mol. The predicted octanol–water partition coefficient (Wildman–Crippen LogP) is 0.683. The van der Waals surface area contributed by atoms with Crippen molar-refractivity contribution in [3.8, 4) is 5.69 Å². The Morgan fingerprint density at radius 2 is 1.76 bits per heavy atom. The predicted molar refractivity (Wildman–Crippen MR) is 93.0 cm³/mol. The minimum absolute atomic E-state index is 0.213. The van der Waals surface area contributed by atoms with E-state index >= 15 is 0 Å². The number of hydrogen-bond donors (Lipinski definition) is 0. The molecule has 1 amide bonds. The third-order valence-corrected chi connectivity index (χ3v) is 5.49. The van der Waals surface area contributed by atoms with E-state index < -0.39 is 10.0 Å². The zero-order valence-corrected chi connectivity index (χ0v) is 15.1. The fraction of sp³-hybridized carbons (Fsp3) is 0.438. The molecular formula is C16H21N5O3S. The van der Waals surface area contributed by atoms with Crippen LogP contribution in [0.2, 0.25) is 0 Å². The van der Waals surface area contributed by atoms with E-state index in [-0.39, 0.29) is 5.91 Å². The molecule has 2 aromatic rings. The van der Waals surface area contributed by atoms with Crippen molar-refractivity contribution in [1.82, 2.24) is 24.2 Å². The first-order valence-corrected chi connectivity index (χ1v) is 9.95. The Balaban J connectivity index is 1.78. The third kappa shape index (κ3) is 3.88. The van der Waals surface area contributed by atoms with Crippen LogP contribution in [0.15, 0.2) is 30.3 Å². The van der Waals surface area contributed by atoms with Crippen molar-refractivity contribution in [2.45, 2.75) is 13.3 Å². The number of aryl methyl sites for hydroxylation is 1. The largest absolute Gasteiger partial charge is 0.336 e. The maximum atomic E-state index is 12.8. The number of hydrogen-bond acceptors (Lipinski definition) is 5. The lowest BCUT2D eigenvalue weighted by Gasteiger charge is -2.20. The fourth-order valence-corrected chi connectivity index (χ4v) is 3.71. The van der Waals surface area contributed by atoms with Gasteiger partial charge in [-0.1, -0.05) is 18.2 Å². The molecule has 1 aromatic carbocycles. The van der Waals surface area contributed by atoms with Crippen molar-refractivity contribution in [2.75, 3.05) is 32.4 Å². The highest BCUT2D eigenvalue weighted by Gasteiger charge is 2.27. The van der Waals surface area contributed by atoms with Gasteiger partial charge in [0.05, 0.1) is 17.6 Å². The summed E-state index contributed by atoms with van der Waals surface area (Å²) in [6, 6.07) is 9.39. The van der Waals surface area contributed by atoms with Gasteiger partial charge in [-0.05, 0) is 25.5 Å². The number of carbonyl (C=O) groups excluding carboxylic acids is 1. The molecule has 0 aliphatic carbocycles. The lowest BCUT2D eigenvalue weighted by atomic mass is 10.3. The number of rotatable bonds is 3. The van der Waals surface area contributed by atoms with Gasteiger partial charge in [0.25, 0.3) is 5.91 Å². The number of carbonyl (C=O) groups is 1. The summed E-state index contributed by atoms with van der Waals surface area (Å²) in [6.07, 6.45) is 1.80. The molecule has 25 heavy (non-hydrogen) atoms. The summed E-state index contributed by atoms with van der Waals surface area (Å²) in [7, 11) is -3.24. The molecule has 0 unspecified atom stereocenters. The molecule has 2 heterocycles. The van der Waals surface area contributed by atoms with Crippen LogP contribution in [-0.2, 0) is 10.0 Å². The molecule has 3 rings (SSSR count). The van der Waals surface area contributed by atoms with Crippen molar-refractivity contribution in [3.05, 3.63) is 41.7 Å². The fourth-order valence-electron chi connectivity index (χ4n) is 2.83. The summed E-state index contributed by atoms with van der Waals surface area (Å²) in [5.41, 5.74) is 1.64. The van der Waals surface area contributed by atoms with Gasteiger partial charge in [0.2, 0.25) is 10.0 Å². The highest BCUT2D eigenvalue weighted by Crippen LogP contribution is 2.13. The van der Waals surface area contributed by atoms with Crippen LogP contribution in [0.3, 0.4) is 0 Å². The van der Waals surface area contributed by atoms with Crippen LogP contribution in [0, 0.1) is 6.92 Å². The topological polar surface area (TPSA) is 88.4 Å². The van der Waals surface area contributed by atoms with Crippen LogP contribution in [-0.4, -0.2) is 71.0 Å². The summed E-state index contributed by atoms with van der Waals surface area (Å²) >= 11 is 0. The molecule has 1 aliphatic rings. The van der Waals surface area contributed by atoms with Crippen LogP contribution in [0.1, 0.15) is 22.6 Å². The van der Waals surface area contributed by atoms with E-state index in [0.29, 0.717) is 44.0 Å². The van der Waals surface area contributed by atoms with Gasteiger partial charge in [0, 0.05) is 26.2 Å². The quantitative estimate of drug-likeness (QED) is 0.800. The van der Waals surface area contributed by atoms with E-state index in [0.717, 1.165) is 5.69 Å². The molecule has 1 saturated heterocycles. The zero-order valence-electron chi connectivity index (χ0n) is 14.3. The monoisotopic (exact) mass is 363 g/mol. The first-order valence-electron chi connectivity index (χ1n) is 8.10. The molecule has 0 N–H and O–H groups in total. The number of benzene rings is 1. The van der Waals surface area contributed by atoms with Gasteiger partial charge in [-0.2, -0.15) is 9.90 Å². The number of para-hydroxylation sites is 1. The smallest absolute Gasteiger partial charge is 0.276 e. The highest BCUT2D eigenvalue weighted by atomic mass is 32.2. The van der Waals surface area contributed by atoms with Crippen molar-refractivity contribution in [1.29, 1.82) is 0 Å². The number of amides is 1. The Hall–Kier alpha value is -2.26. The summed E-state index contributed by atoms with van der Waals surface area (Å²) in [5.74, 6) is -0.213. The van der Waals surface area contributed by atoms with Gasteiger partial charge in [0.15, 0.2) is 5.69 Å². The van der Waals surface area contributed by atoms with E-state index in [1.54, 1.807) is 11.8 Å². The number of sulfonamides is 1. The molecular weight excluding hydrogens is 342 g/mol. The maximum absolute atomic E-state index is 12.8. The minimum atomic E-state index is -3.24. The average Bonchev–Trinajstić information content (AvgIpc) is 2.80.